The molecule has 0 radical (unpaired) electrons. The molecule has 108 valence electrons. The highest BCUT2D eigenvalue weighted by Crippen LogP contribution is 2.35. The summed E-state index contributed by atoms with van der Waals surface area (Å²) in [6.07, 6.45) is 0. The smallest absolute Gasteiger partial charge is 0.163 e. The quantitative estimate of drug-likeness (QED) is 0.727. The van der Waals surface area contributed by atoms with Gasteiger partial charge in [-0.15, -0.1) is 0 Å². The standard InChI is InChI=1S/C15H14ClN3O2/c1-20-12-6-10-11(7-13(12)21-2)19-15(18-10)14-8(16)4-3-5-9(14)17/h3-7H,17H2,1-2H3,(H,18,19). The summed E-state index contributed by atoms with van der Waals surface area (Å²) in [5, 5.41) is 0.549. The lowest BCUT2D eigenvalue weighted by atomic mass is 10.2. The van der Waals surface area contributed by atoms with E-state index in [-0.39, 0.29) is 0 Å². The molecule has 0 aliphatic rings. The van der Waals surface area contributed by atoms with Crippen LogP contribution in [0.3, 0.4) is 0 Å². The first kappa shape index (κ1) is 13.6. The lowest BCUT2D eigenvalue weighted by molar-refractivity contribution is 0.356. The second-order valence-corrected chi connectivity index (χ2v) is 4.92. The number of imidazole rings is 1. The fourth-order valence-corrected chi connectivity index (χ4v) is 2.52. The van der Waals surface area contributed by atoms with Gasteiger partial charge in [0.2, 0.25) is 0 Å². The molecule has 0 aliphatic heterocycles. The Labute approximate surface area is 126 Å². The maximum atomic E-state index is 6.22. The molecule has 1 heterocycles. The molecule has 3 aromatic rings. The summed E-state index contributed by atoms with van der Waals surface area (Å²) in [4.78, 5) is 7.74. The monoisotopic (exact) mass is 303 g/mol. The molecule has 3 N–H and O–H groups in total. The Morgan fingerprint density at radius 2 is 1.86 bits per heavy atom. The first-order valence-corrected chi connectivity index (χ1v) is 6.68. The third-order valence-corrected chi connectivity index (χ3v) is 3.58. The number of anilines is 1. The maximum absolute atomic E-state index is 6.22. The first-order valence-electron chi connectivity index (χ1n) is 6.30. The number of halogens is 1. The van der Waals surface area contributed by atoms with E-state index in [2.05, 4.69) is 9.97 Å². The molecule has 0 saturated heterocycles. The van der Waals surface area contributed by atoms with Crippen LogP contribution in [0.1, 0.15) is 0 Å². The van der Waals surface area contributed by atoms with E-state index >= 15 is 0 Å². The molecule has 3 rings (SSSR count). The Balaban J connectivity index is 2.22. The van der Waals surface area contributed by atoms with E-state index in [4.69, 9.17) is 26.8 Å². The zero-order valence-electron chi connectivity index (χ0n) is 11.6. The van der Waals surface area contributed by atoms with E-state index < -0.39 is 0 Å². The number of H-pyrrole nitrogens is 1. The van der Waals surface area contributed by atoms with Gasteiger partial charge in [0.25, 0.3) is 0 Å². The van der Waals surface area contributed by atoms with E-state index in [1.165, 1.54) is 0 Å². The topological polar surface area (TPSA) is 73.2 Å². The molecule has 0 saturated carbocycles. The van der Waals surface area contributed by atoms with Gasteiger partial charge in [0.05, 0.1) is 35.8 Å². The van der Waals surface area contributed by atoms with Crippen molar-refractivity contribution in [2.75, 3.05) is 20.0 Å². The highest BCUT2D eigenvalue weighted by Gasteiger charge is 2.14. The van der Waals surface area contributed by atoms with Crippen LogP contribution < -0.4 is 15.2 Å². The Morgan fingerprint density at radius 1 is 1.14 bits per heavy atom. The molecule has 5 nitrogen and oxygen atoms in total. The fourth-order valence-electron chi connectivity index (χ4n) is 2.25. The van der Waals surface area contributed by atoms with Gasteiger partial charge in [-0.1, -0.05) is 17.7 Å². The van der Waals surface area contributed by atoms with Gasteiger partial charge >= 0.3 is 0 Å². The first-order chi connectivity index (χ1) is 10.1. The number of benzene rings is 2. The lowest BCUT2D eigenvalue weighted by Gasteiger charge is -2.06. The van der Waals surface area contributed by atoms with Crippen LogP contribution in [0.5, 0.6) is 11.5 Å². The normalized spacial score (nSPS) is 10.8. The molecular formula is C15H14ClN3O2. The van der Waals surface area contributed by atoms with Crippen molar-refractivity contribution in [1.29, 1.82) is 0 Å². The summed E-state index contributed by atoms with van der Waals surface area (Å²) in [7, 11) is 3.18. The van der Waals surface area contributed by atoms with Gasteiger partial charge in [0.1, 0.15) is 5.82 Å². The lowest BCUT2D eigenvalue weighted by Crippen LogP contribution is -1.91. The number of hydrogen-bond donors (Lipinski definition) is 2. The number of nitrogens with two attached hydrogens (primary N) is 1. The number of aromatic amines is 1. The minimum Gasteiger partial charge on any atom is -0.493 e. The molecule has 6 heteroatoms. The average Bonchev–Trinajstić information content (AvgIpc) is 2.87. The van der Waals surface area contributed by atoms with Crippen LogP contribution in [0.15, 0.2) is 30.3 Å². The molecule has 0 unspecified atom stereocenters. The van der Waals surface area contributed by atoms with Crippen molar-refractivity contribution in [3.8, 4) is 22.9 Å². The predicted molar refractivity (Wildman–Crippen MR) is 84.1 cm³/mol. The molecule has 0 bridgehead atoms. The van der Waals surface area contributed by atoms with Crippen LogP contribution in [0.2, 0.25) is 5.02 Å². The molecule has 0 fully saturated rings. The van der Waals surface area contributed by atoms with Crippen molar-refractivity contribution >= 4 is 28.3 Å². The van der Waals surface area contributed by atoms with E-state index in [1.807, 2.05) is 6.07 Å². The average molecular weight is 304 g/mol. The van der Waals surface area contributed by atoms with E-state index in [0.717, 1.165) is 11.0 Å². The van der Waals surface area contributed by atoms with Crippen LogP contribution in [0.25, 0.3) is 22.4 Å². The Morgan fingerprint density at radius 3 is 2.52 bits per heavy atom. The van der Waals surface area contributed by atoms with Gasteiger partial charge in [-0.3, -0.25) is 0 Å². The van der Waals surface area contributed by atoms with Gasteiger partial charge in [0.15, 0.2) is 11.5 Å². The number of methoxy groups -OCH3 is 2. The number of nitrogens with one attached hydrogen (secondary N) is 1. The molecule has 21 heavy (non-hydrogen) atoms. The van der Waals surface area contributed by atoms with Crippen molar-refractivity contribution in [3.63, 3.8) is 0 Å². The second-order valence-electron chi connectivity index (χ2n) is 4.51. The van der Waals surface area contributed by atoms with Gasteiger partial charge in [-0.05, 0) is 12.1 Å². The number of nitrogen functional groups attached to an aromatic ring is 1. The molecule has 0 aliphatic carbocycles. The minimum absolute atomic E-state index is 0.549. The highest BCUT2D eigenvalue weighted by atomic mass is 35.5. The predicted octanol–water partition coefficient (Wildman–Crippen LogP) is 3.48. The summed E-state index contributed by atoms with van der Waals surface area (Å²) in [5.74, 6) is 1.87. The van der Waals surface area contributed by atoms with Crippen LogP contribution in [0.4, 0.5) is 5.69 Å². The van der Waals surface area contributed by atoms with Crippen molar-refractivity contribution in [2.45, 2.75) is 0 Å². The van der Waals surface area contributed by atoms with E-state index in [1.54, 1.807) is 38.5 Å². The van der Waals surface area contributed by atoms with E-state index in [0.29, 0.717) is 33.6 Å². The zero-order chi connectivity index (χ0) is 15.0. The summed E-state index contributed by atoms with van der Waals surface area (Å²) < 4.78 is 10.6. The number of hydrogen-bond acceptors (Lipinski definition) is 4. The molecule has 0 amide bonds. The minimum atomic E-state index is 0.549. The molecule has 2 aromatic carbocycles. The van der Waals surface area contributed by atoms with Gasteiger partial charge in [-0.25, -0.2) is 4.98 Å². The molecule has 1 aromatic heterocycles. The maximum Gasteiger partial charge on any atom is 0.163 e. The zero-order valence-corrected chi connectivity index (χ0v) is 12.4. The van der Waals surface area contributed by atoms with Gasteiger partial charge < -0.3 is 20.2 Å². The van der Waals surface area contributed by atoms with Crippen molar-refractivity contribution in [3.05, 3.63) is 35.4 Å². The van der Waals surface area contributed by atoms with Crippen molar-refractivity contribution < 1.29 is 9.47 Å². The van der Waals surface area contributed by atoms with Gasteiger partial charge in [0, 0.05) is 17.8 Å². The van der Waals surface area contributed by atoms with E-state index in [9.17, 15) is 0 Å². The van der Waals surface area contributed by atoms with Crippen LogP contribution in [0, 0.1) is 0 Å². The molecule has 0 atom stereocenters. The largest absolute Gasteiger partial charge is 0.493 e. The summed E-state index contributed by atoms with van der Waals surface area (Å²) >= 11 is 6.22. The Bertz CT molecular complexity index is 753. The Kier molecular flexibility index (Phi) is 3.35. The third kappa shape index (κ3) is 2.25. The SMILES string of the molecule is COc1cc2nc(-c3c(N)cccc3Cl)[nH]c2cc1OC. The van der Waals surface area contributed by atoms with Crippen molar-refractivity contribution in [2.24, 2.45) is 0 Å². The number of rotatable bonds is 3. The van der Waals surface area contributed by atoms with Crippen LogP contribution >= 0.6 is 11.6 Å². The van der Waals surface area contributed by atoms with Gasteiger partial charge in [-0.2, -0.15) is 0 Å². The summed E-state index contributed by atoms with van der Waals surface area (Å²) in [6, 6.07) is 9.01. The molecule has 0 spiro atoms. The number of nitrogens with zero attached hydrogens (tertiary/aromatic N) is 1. The summed E-state index contributed by atoms with van der Waals surface area (Å²) in [6.45, 7) is 0. The number of fused-ring (bicyclic) bond motifs is 1. The Hall–Kier alpha value is -2.40. The number of aromatic nitrogens is 2. The fraction of sp³-hybridized carbons (Fsp3) is 0.133. The van der Waals surface area contributed by atoms with Crippen LogP contribution in [-0.2, 0) is 0 Å². The third-order valence-electron chi connectivity index (χ3n) is 3.27. The van der Waals surface area contributed by atoms with Crippen LogP contribution in [-0.4, -0.2) is 24.2 Å². The number of ether oxygens (including phenoxy) is 2. The van der Waals surface area contributed by atoms with Crippen molar-refractivity contribution in [1.82, 2.24) is 9.97 Å². The highest BCUT2D eigenvalue weighted by molar-refractivity contribution is 6.33. The second kappa shape index (κ2) is 5.18. The summed E-state index contributed by atoms with van der Waals surface area (Å²) in [5.41, 5.74) is 8.82. The molecular weight excluding hydrogens is 290 g/mol.